The van der Waals surface area contributed by atoms with Gasteiger partial charge in [0.2, 0.25) is 0 Å². The number of para-hydroxylation sites is 1. The van der Waals surface area contributed by atoms with E-state index in [2.05, 4.69) is 15.5 Å². The summed E-state index contributed by atoms with van der Waals surface area (Å²) in [6.07, 6.45) is 3.47. The first-order chi connectivity index (χ1) is 11.6. The number of halogens is 3. The minimum Gasteiger partial charge on any atom is -0.368 e. The van der Waals surface area contributed by atoms with Crippen molar-refractivity contribution in [3.8, 4) is 0 Å². The Bertz CT molecular complexity index is 583. The maximum Gasteiger partial charge on any atom is 0.252 e. The highest BCUT2D eigenvalue weighted by Crippen LogP contribution is 2.28. The van der Waals surface area contributed by atoms with Crippen molar-refractivity contribution in [2.24, 2.45) is 0 Å². The molecule has 0 bridgehead atoms. The lowest BCUT2D eigenvalue weighted by molar-refractivity contribution is -0.147. The normalized spacial score (nSPS) is 21.9. The summed E-state index contributed by atoms with van der Waals surface area (Å²) in [7, 11) is 1.64. The van der Waals surface area contributed by atoms with Gasteiger partial charge in [0.1, 0.15) is 5.60 Å². The van der Waals surface area contributed by atoms with E-state index in [4.69, 9.17) is 16.3 Å². The van der Waals surface area contributed by atoms with E-state index in [0.29, 0.717) is 0 Å². The predicted molar refractivity (Wildman–Crippen MR) is 111 cm³/mol. The van der Waals surface area contributed by atoms with E-state index in [1.165, 1.54) is 0 Å². The maximum atomic E-state index is 12.8. The second kappa shape index (κ2) is 10.6. The topological polar surface area (TPSA) is 53.6 Å². The zero-order chi connectivity index (χ0) is 17.0. The number of rotatable bonds is 4. The van der Waals surface area contributed by atoms with E-state index in [1.54, 1.807) is 7.11 Å². The Morgan fingerprint density at radius 2 is 2.00 bits per heavy atom. The Balaban J connectivity index is 0.00000169. The van der Waals surface area contributed by atoms with Crippen molar-refractivity contribution in [3.63, 3.8) is 0 Å². The molecule has 0 spiro atoms. The van der Waals surface area contributed by atoms with Gasteiger partial charge in [-0.25, -0.2) is 0 Å². The van der Waals surface area contributed by atoms with E-state index < -0.39 is 5.60 Å². The van der Waals surface area contributed by atoms with Gasteiger partial charge in [-0.05, 0) is 50.9 Å². The zero-order valence-electron chi connectivity index (χ0n) is 15.0. The zero-order valence-corrected chi connectivity index (χ0v) is 17.4. The first-order valence-electron chi connectivity index (χ1n) is 8.71. The predicted octanol–water partition coefficient (Wildman–Crippen LogP) is 3.04. The molecule has 2 heterocycles. The van der Waals surface area contributed by atoms with E-state index in [9.17, 15) is 4.79 Å². The van der Waals surface area contributed by atoms with Crippen LogP contribution < -0.4 is 15.5 Å². The fourth-order valence-corrected chi connectivity index (χ4v) is 3.95. The number of carbonyl (C=O) groups excluding carboxylic acids is 1. The average molecular weight is 425 g/mol. The summed E-state index contributed by atoms with van der Waals surface area (Å²) < 4.78 is 5.63. The number of methoxy groups -OCH3 is 1. The van der Waals surface area contributed by atoms with Gasteiger partial charge in [-0.1, -0.05) is 23.7 Å². The molecule has 26 heavy (non-hydrogen) atoms. The van der Waals surface area contributed by atoms with Gasteiger partial charge in [-0.3, -0.25) is 4.79 Å². The van der Waals surface area contributed by atoms with Crippen LogP contribution in [-0.4, -0.2) is 50.8 Å². The van der Waals surface area contributed by atoms with Crippen molar-refractivity contribution in [1.29, 1.82) is 0 Å². The fraction of sp³-hybridized carbons (Fsp3) is 0.611. The number of piperidine rings is 2. The van der Waals surface area contributed by atoms with Gasteiger partial charge in [0, 0.05) is 26.2 Å². The largest absolute Gasteiger partial charge is 0.368 e. The third kappa shape index (κ3) is 5.17. The molecule has 2 fully saturated rings. The molecule has 0 aromatic heterocycles. The molecule has 3 rings (SSSR count). The number of anilines is 1. The van der Waals surface area contributed by atoms with Gasteiger partial charge < -0.3 is 20.3 Å². The van der Waals surface area contributed by atoms with Crippen LogP contribution in [0.5, 0.6) is 0 Å². The summed E-state index contributed by atoms with van der Waals surface area (Å²) in [6, 6.07) is 8.01. The maximum absolute atomic E-state index is 12.8. The molecule has 2 aliphatic heterocycles. The molecule has 1 amide bonds. The van der Waals surface area contributed by atoms with Crippen molar-refractivity contribution in [1.82, 2.24) is 10.6 Å². The second-order valence-corrected chi connectivity index (χ2v) is 7.07. The molecule has 0 radical (unpaired) electrons. The van der Waals surface area contributed by atoms with Gasteiger partial charge in [-0.2, -0.15) is 0 Å². The molecule has 2 N–H and O–H groups in total. The minimum atomic E-state index is -0.683. The van der Waals surface area contributed by atoms with Gasteiger partial charge in [0.05, 0.1) is 10.7 Å². The van der Waals surface area contributed by atoms with Gasteiger partial charge in [0.15, 0.2) is 0 Å². The highest BCUT2D eigenvalue weighted by molar-refractivity contribution is 6.33. The Morgan fingerprint density at radius 1 is 1.31 bits per heavy atom. The van der Waals surface area contributed by atoms with Gasteiger partial charge in [-0.15, -0.1) is 24.8 Å². The molecule has 1 aromatic rings. The van der Waals surface area contributed by atoms with Gasteiger partial charge in [0.25, 0.3) is 5.91 Å². The molecule has 2 saturated heterocycles. The molecular formula is C18H28Cl3N3O2. The second-order valence-electron chi connectivity index (χ2n) is 6.66. The Morgan fingerprint density at radius 3 is 2.65 bits per heavy atom. The molecule has 0 saturated carbocycles. The summed E-state index contributed by atoms with van der Waals surface area (Å²) in [6.45, 7) is 3.39. The molecule has 2 aliphatic rings. The lowest BCUT2D eigenvalue weighted by Crippen LogP contribution is -2.58. The lowest BCUT2D eigenvalue weighted by atomic mass is 9.90. The smallest absolute Gasteiger partial charge is 0.252 e. The third-order valence-electron chi connectivity index (χ3n) is 5.17. The molecule has 148 valence electrons. The van der Waals surface area contributed by atoms with Crippen LogP contribution in [0.15, 0.2) is 24.3 Å². The molecule has 5 nitrogen and oxygen atoms in total. The highest BCUT2D eigenvalue weighted by Gasteiger charge is 2.40. The van der Waals surface area contributed by atoms with Crippen molar-refractivity contribution < 1.29 is 9.53 Å². The molecule has 1 unspecified atom stereocenters. The van der Waals surface area contributed by atoms with Crippen molar-refractivity contribution in [3.05, 3.63) is 29.3 Å². The number of nitrogens with one attached hydrogen (secondary N) is 2. The quantitative estimate of drug-likeness (QED) is 0.780. The van der Waals surface area contributed by atoms with E-state index in [1.807, 2.05) is 24.3 Å². The fourth-order valence-electron chi connectivity index (χ4n) is 3.69. The standard InChI is InChI=1S/C18H26ClN3O2.2ClH/c1-24-18(8-10-20-11-9-18)17(23)21-14-5-4-12-22(13-14)16-7-3-2-6-15(16)19;;/h2-3,6-7,14,20H,4-5,8-13H2,1H3,(H,21,23);2*1H. The van der Waals surface area contributed by atoms with Crippen LogP contribution in [0.2, 0.25) is 5.02 Å². The van der Waals surface area contributed by atoms with Crippen LogP contribution in [0.4, 0.5) is 5.69 Å². The molecule has 1 aromatic carbocycles. The van der Waals surface area contributed by atoms with Crippen LogP contribution in [0.3, 0.4) is 0 Å². The Kier molecular flexibility index (Phi) is 9.48. The van der Waals surface area contributed by atoms with Crippen LogP contribution in [0.25, 0.3) is 0 Å². The van der Waals surface area contributed by atoms with E-state index >= 15 is 0 Å². The van der Waals surface area contributed by atoms with Crippen LogP contribution >= 0.6 is 36.4 Å². The van der Waals surface area contributed by atoms with Crippen LogP contribution in [0, 0.1) is 0 Å². The van der Waals surface area contributed by atoms with E-state index in [-0.39, 0.29) is 36.8 Å². The molecule has 1 atom stereocenters. The van der Waals surface area contributed by atoms with Crippen molar-refractivity contribution >= 4 is 48.0 Å². The first-order valence-corrected chi connectivity index (χ1v) is 9.09. The Hall–Kier alpha value is -0.720. The minimum absolute atomic E-state index is 0. The third-order valence-corrected chi connectivity index (χ3v) is 5.49. The van der Waals surface area contributed by atoms with Crippen LogP contribution in [-0.2, 0) is 9.53 Å². The number of hydrogen-bond donors (Lipinski definition) is 2. The number of carbonyl (C=O) groups is 1. The number of hydrogen-bond acceptors (Lipinski definition) is 4. The SMILES string of the molecule is COC1(C(=O)NC2CCCN(c3ccccc3Cl)C2)CCNCC1.Cl.Cl. The Labute approximate surface area is 173 Å². The number of amides is 1. The highest BCUT2D eigenvalue weighted by atomic mass is 35.5. The van der Waals surface area contributed by atoms with Crippen LogP contribution in [0.1, 0.15) is 25.7 Å². The summed E-state index contributed by atoms with van der Waals surface area (Å²) in [4.78, 5) is 15.1. The summed E-state index contributed by atoms with van der Waals surface area (Å²) in [5.41, 5.74) is 0.360. The molecule has 8 heteroatoms. The summed E-state index contributed by atoms with van der Waals surface area (Å²) in [5, 5.41) is 7.27. The molecule has 0 aliphatic carbocycles. The van der Waals surface area contributed by atoms with Crippen molar-refractivity contribution in [2.45, 2.75) is 37.3 Å². The number of benzene rings is 1. The van der Waals surface area contributed by atoms with E-state index in [0.717, 1.165) is 62.6 Å². The lowest BCUT2D eigenvalue weighted by Gasteiger charge is -2.39. The number of ether oxygens (including phenoxy) is 1. The summed E-state index contributed by atoms with van der Waals surface area (Å²) in [5.74, 6) is 0.0255. The van der Waals surface area contributed by atoms with Crippen molar-refractivity contribution in [2.75, 3.05) is 38.2 Å². The monoisotopic (exact) mass is 423 g/mol. The van der Waals surface area contributed by atoms with Gasteiger partial charge >= 0.3 is 0 Å². The average Bonchev–Trinajstić information content (AvgIpc) is 2.63. The first kappa shape index (κ1) is 23.3. The molecular weight excluding hydrogens is 397 g/mol. The number of nitrogens with zero attached hydrogens (tertiary/aromatic N) is 1. The summed E-state index contributed by atoms with van der Waals surface area (Å²) >= 11 is 6.32.